The van der Waals surface area contributed by atoms with Crippen LogP contribution in [0.2, 0.25) is 0 Å². The first-order chi connectivity index (χ1) is 12.8. The zero-order chi connectivity index (χ0) is 17.8. The minimum absolute atomic E-state index is 0. The van der Waals surface area contributed by atoms with E-state index in [1.165, 1.54) is 56.5 Å². The maximum atomic E-state index is 5.56. The molecule has 6 nitrogen and oxygen atoms in total. The van der Waals surface area contributed by atoms with E-state index in [-0.39, 0.29) is 24.8 Å². The van der Waals surface area contributed by atoms with Gasteiger partial charge in [-0.3, -0.25) is 4.90 Å². The predicted molar refractivity (Wildman–Crippen MR) is 118 cm³/mol. The maximum Gasteiger partial charge on any atom is 0.156 e. The average molecular weight is 432 g/mol. The normalized spacial score (nSPS) is 20.5. The number of nitrogens with one attached hydrogen (secondary N) is 2. The summed E-state index contributed by atoms with van der Waals surface area (Å²) in [6.07, 6.45) is 8.68. The molecule has 1 aromatic rings. The van der Waals surface area contributed by atoms with E-state index < -0.39 is 0 Å². The van der Waals surface area contributed by atoms with E-state index in [2.05, 4.69) is 15.5 Å². The average Bonchev–Trinajstić information content (AvgIpc) is 3.12. The minimum atomic E-state index is 0. The molecule has 160 valence electrons. The molecule has 0 amide bonds. The number of aromatic nitrogens is 2. The summed E-state index contributed by atoms with van der Waals surface area (Å²) in [5.74, 6) is 1.86. The first kappa shape index (κ1) is 23.6. The second-order valence-corrected chi connectivity index (χ2v) is 7.90. The van der Waals surface area contributed by atoms with Crippen molar-refractivity contribution in [1.29, 1.82) is 0 Å². The summed E-state index contributed by atoms with van der Waals surface area (Å²) >= 11 is 0. The monoisotopic (exact) mass is 431 g/mol. The lowest BCUT2D eigenvalue weighted by atomic mass is 9.90. The lowest BCUT2D eigenvalue weighted by Gasteiger charge is -2.32. The molecule has 28 heavy (non-hydrogen) atoms. The molecule has 4 rings (SSSR count). The van der Waals surface area contributed by atoms with Crippen molar-refractivity contribution < 1.29 is 4.74 Å². The van der Waals surface area contributed by atoms with Gasteiger partial charge in [0, 0.05) is 37.2 Å². The highest BCUT2D eigenvalue weighted by atomic mass is 35.5. The van der Waals surface area contributed by atoms with Crippen LogP contribution in [0.15, 0.2) is 0 Å². The van der Waals surface area contributed by atoms with Gasteiger partial charge >= 0.3 is 0 Å². The van der Waals surface area contributed by atoms with Crippen LogP contribution in [0.3, 0.4) is 0 Å². The molecule has 0 aliphatic carbocycles. The van der Waals surface area contributed by atoms with Gasteiger partial charge in [-0.1, -0.05) is 0 Å². The summed E-state index contributed by atoms with van der Waals surface area (Å²) in [5, 5.41) is 7.17. The summed E-state index contributed by atoms with van der Waals surface area (Å²) in [5.41, 5.74) is 2.97. The van der Waals surface area contributed by atoms with E-state index in [1.54, 1.807) is 0 Å². The number of rotatable bonds is 7. The molecule has 2 N–H and O–H groups in total. The van der Waals surface area contributed by atoms with Crippen molar-refractivity contribution in [2.75, 3.05) is 44.6 Å². The van der Waals surface area contributed by atoms with Crippen LogP contribution in [0.4, 0.5) is 5.82 Å². The van der Waals surface area contributed by atoms with Crippen LogP contribution >= 0.6 is 24.8 Å². The van der Waals surface area contributed by atoms with Crippen LogP contribution < -0.4 is 10.6 Å². The molecule has 0 spiro atoms. The van der Waals surface area contributed by atoms with Crippen LogP contribution in [-0.4, -0.2) is 59.7 Å². The van der Waals surface area contributed by atoms with Gasteiger partial charge in [-0.2, -0.15) is 0 Å². The quantitative estimate of drug-likeness (QED) is 0.691. The molecular formula is C20H35Cl2N5O. The molecule has 0 aromatic carbocycles. The zero-order valence-corrected chi connectivity index (χ0v) is 18.6. The Labute approximate surface area is 181 Å². The number of fused-ring (bicyclic) bond motifs is 2. The Bertz CT molecular complexity index is 621. The summed E-state index contributed by atoms with van der Waals surface area (Å²) in [6.45, 7) is 8.82. The Morgan fingerprint density at radius 2 is 1.86 bits per heavy atom. The summed E-state index contributed by atoms with van der Waals surface area (Å²) < 4.78 is 5.56. The molecule has 2 fully saturated rings. The lowest BCUT2D eigenvalue weighted by Crippen LogP contribution is -2.39. The lowest BCUT2D eigenvalue weighted by molar-refractivity contribution is 0.128. The number of halogens is 2. The first-order valence-electron chi connectivity index (χ1n) is 10.5. The van der Waals surface area contributed by atoms with E-state index in [1.807, 2.05) is 6.92 Å². The maximum absolute atomic E-state index is 5.56. The summed E-state index contributed by atoms with van der Waals surface area (Å²) in [6, 6.07) is 0. The van der Waals surface area contributed by atoms with Crippen molar-refractivity contribution >= 4 is 30.6 Å². The second kappa shape index (κ2) is 10.9. The van der Waals surface area contributed by atoms with Gasteiger partial charge in [0.15, 0.2) is 5.82 Å². The number of hydrogen-bond acceptors (Lipinski definition) is 6. The molecule has 3 aliphatic rings. The Morgan fingerprint density at radius 1 is 1.11 bits per heavy atom. The first-order valence-corrected chi connectivity index (χ1v) is 10.5. The molecule has 3 aliphatic heterocycles. The molecule has 8 heteroatoms. The smallest absolute Gasteiger partial charge is 0.156 e. The third kappa shape index (κ3) is 5.08. The third-order valence-electron chi connectivity index (χ3n) is 6.36. The molecule has 0 radical (unpaired) electrons. The number of nitrogens with zero attached hydrogens (tertiary/aromatic N) is 3. The van der Waals surface area contributed by atoms with Gasteiger partial charge in [0.1, 0.15) is 12.4 Å². The van der Waals surface area contributed by atoms with E-state index in [9.17, 15) is 0 Å². The highest BCUT2D eigenvalue weighted by molar-refractivity contribution is 5.85. The van der Waals surface area contributed by atoms with Crippen LogP contribution in [0.1, 0.15) is 56.1 Å². The van der Waals surface area contributed by atoms with Gasteiger partial charge in [-0.05, 0) is 65.1 Å². The van der Waals surface area contributed by atoms with Gasteiger partial charge in [0.05, 0.1) is 5.69 Å². The number of ether oxygens (including phenoxy) is 1. The van der Waals surface area contributed by atoms with Crippen molar-refractivity contribution in [2.24, 2.45) is 0 Å². The van der Waals surface area contributed by atoms with Gasteiger partial charge in [-0.15, -0.1) is 24.8 Å². The Kier molecular flexibility index (Phi) is 9.22. The third-order valence-corrected chi connectivity index (χ3v) is 6.36. The van der Waals surface area contributed by atoms with Gasteiger partial charge < -0.3 is 15.4 Å². The van der Waals surface area contributed by atoms with Crippen LogP contribution in [0.25, 0.3) is 0 Å². The topological polar surface area (TPSA) is 62.3 Å². The fourth-order valence-electron chi connectivity index (χ4n) is 5.05. The molecule has 2 saturated heterocycles. The highest BCUT2D eigenvalue weighted by Gasteiger charge is 2.43. The molecule has 1 aromatic heterocycles. The van der Waals surface area contributed by atoms with Crippen molar-refractivity contribution in [3.05, 3.63) is 17.1 Å². The number of anilines is 1. The molecule has 0 atom stereocenters. The van der Waals surface area contributed by atoms with Gasteiger partial charge in [0.25, 0.3) is 0 Å². The molecule has 0 saturated carbocycles. The highest BCUT2D eigenvalue weighted by Crippen LogP contribution is 2.41. The minimum Gasteiger partial charge on any atom is -0.374 e. The number of hydrogen-bond donors (Lipinski definition) is 2. The Balaban J connectivity index is 0.00000140. The van der Waals surface area contributed by atoms with E-state index >= 15 is 0 Å². The molecule has 0 bridgehead atoms. The van der Waals surface area contributed by atoms with Crippen molar-refractivity contribution in [3.63, 3.8) is 0 Å². The standard InChI is InChI=1S/C20H33N5O.2ClH/c1-2-26-15-18-23-17-6-11-21-10-5-16(17)19(24-18)22-12-9-20-7-3-13-25(20)14-4-8-20;;/h21H,2-15H2,1H3,(H,22,23,24);2*1H. The Morgan fingerprint density at radius 3 is 2.61 bits per heavy atom. The zero-order valence-electron chi connectivity index (χ0n) is 17.0. The second-order valence-electron chi connectivity index (χ2n) is 7.90. The molecule has 4 heterocycles. The van der Waals surface area contributed by atoms with Gasteiger partial charge in [-0.25, -0.2) is 9.97 Å². The summed E-state index contributed by atoms with van der Waals surface area (Å²) in [4.78, 5) is 12.3. The fourth-order valence-corrected chi connectivity index (χ4v) is 5.05. The Hall–Kier alpha value is -0.660. The van der Waals surface area contributed by atoms with Crippen molar-refractivity contribution in [1.82, 2.24) is 20.2 Å². The van der Waals surface area contributed by atoms with Crippen LogP contribution in [-0.2, 0) is 24.2 Å². The molecular weight excluding hydrogens is 397 g/mol. The van der Waals surface area contributed by atoms with Crippen LogP contribution in [0.5, 0.6) is 0 Å². The van der Waals surface area contributed by atoms with E-state index in [0.717, 1.165) is 44.1 Å². The predicted octanol–water partition coefficient (Wildman–Crippen LogP) is 2.98. The van der Waals surface area contributed by atoms with Crippen LogP contribution in [0, 0.1) is 0 Å². The van der Waals surface area contributed by atoms with Crippen molar-refractivity contribution in [2.45, 2.75) is 64.0 Å². The SMILES string of the molecule is CCOCc1nc2c(c(NCCC34CCCN3CCC4)n1)CCNCC2.Cl.Cl. The largest absolute Gasteiger partial charge is 0.374 e. The van der Waals surface area contributed by atoms with Crippen molar-refractivity contribution in [3.8, 4) is 0 Å². The summed E-state index contributed by atoms with van der Waals surface area (Å²) in [7, 11) is 0. The van der Waals surface area contributed by atoms with Gasteiger partial charge in [0.2, 0.25) is 0 Å². The molecule has 0 unspecified atom stereocenters. The fraction of sp³-hybridized carbons (Fsp3) is 0.800. The van der Waals surface area contributed by atoms with E-state index in [4.69, 9.17) is 14.7 Å². The van der Waals surface area contributed by atoms with E-state index in [0.29, 0.717) is 18.8 Å².